The van der Waals surface area contributed by atoms with Gasteiger partial charge in [0.05, 0.1) is 11.6 Å². The fourth-order valence-electron chi connectivity index (χ4n) is 2.15. The number of hydrogen-bond donors (Lipinski definition) is 1. The Morgan fingerprint density at radius 2 is 2.12 bits per heavy atom. The molecule has 0 aromatic heterocycles. The molecule has 16 heavy (non-hydrogen) atoms. The lowest BCUT2D eigenvalue weighted by atomic mass is 10.1. The summed E-state index contributed by atoms with van der Waals surface area (Å²) >= 11 is 0. The predicted molar refractivity (Wildman–Crippen MR) is 65.2 cm³/mol. The van der Waals surface area contributed by atoms with Crippen molar-refractivity contribution in [3.05, 3.63) is 35.4 Å². The number of hydrogen-bond acceptors (Lipinski definition) is 2. The van der Waals surface area contributed by atoms with Gasteiger partial charge in [-0.1, -0.05) is 19.1 Å². The molecule has 1 aromatic carbocycles. The van der Waals surface area contributed by atoms with Gasteiger partial charge < -0.3 is 5.32 Å². The number of benzene rings is 1. The van der Waals surface area contributed by atoms with Crippen molar-refractivity contribution in [2.24, 2.45) is 5.92 Å². The van der Waals surface area contributed by atoms with Gasteiger partial charge in [0.2, 0.25) is 0 Å². The van der Waals surface area contributed by atoms with Crippen LogP contribution in [0.4, 0.5) is 0 Å². The average Bonchev–Trinajstić information content (AvgIpc) is 3.09. The molecule has 84 valence electrons. The van der Waals surface area contributed by atoms with Crippen LogP contribution in [-0.4, -0.2) is 13.1 Å². The summed E-state index contributed by atoms with van der Waals surface area (Å²) in [6, 6.07) is 10.2. The van der Waals surface area contributed by atoms with Crippen molar-refractivity contribution in [2.45, 2.75) is 25.7 Å². The Morgan fingerprint density at radius 1 is 1.38 bits per heavy atom. The van der Waals surface area contributed by atoms with Crippen molar-refractivity contribution in [1.29, 1.82) is 5.26 Å². The van der Waals surface area contributed by atoms with Gasteiger partial charge >= 0.3 is 0 Å². The monoisotopic (exact) mass is 214 g/mol. The molecule has 0 spiro atoms. The molecule has 1 aliphatic carbocycles. The van der Waals surface area contributed by atoms with E-state index in [4.69, 9.17) is 5.26 Å². The highest BCUT2D eigenvalue weighted by molar-refractivity contribution is 5.35. The van der Waals surface area contributed by atoms with Gasteiger partial charge in [0.25, 0.3) is 0 Å². The second-order valence-corrected chi connectivity index (χ2v) is 4.54. The van der Waals surface area contributed by atoms with Gasteiger partial charge in [-0.15, -0.1) is 0 Å². The van der Waals surface area contributed by atoms with E-state index in [1.807, 2.05) is 12.1 Å². The average molecular weight is 214 g/mol. The van der Waals surface area contributed by atoms with Crippen molar-refractivity contribution >= 4 is 0 Å². The highest BCUT2D eigenvalue weighted by Gasteiger charge is 2.37. The van der Waals surface area contributed by atoms with E-state index in [1.165, 1.54) is 18.4 Å². The molecule has 0 heterocycles. The molecule has 2 rings (SSSR count). The Morgan fingerprint density at radius 3 is 2.75 bits per heavy atom. The van der Waals surface area contributed by atoms with Crippen LogP contribution in [0.2, 0.25) is 0 Å². The van der Waals surface area contributed by atoms with Crippen molar-refractivity contribution in [2.75, 3.05) is 13.1 Å². The van der Waals surface area contributed by atoms with Gasteiger partial charge in [-0.05, 0) is 55.5 Å². The zero-order chi connectivity index (χ0) is 11.4. The molecule has 1 aliphatic rings. The molecule has 0 bridgehead atoms. The summed E-state index contributed by atoms with van der Waals surface area (Å²) in [7, 11) is 0. The molecule has 0 aliphatic heterocycles. The predicted octanol–water partition coefficient (Wildman–Crippen LogP) is 2.66. The first kappa shape index (κ1) is 11.2. The molecule has 0 saturated heterocycles. The van der Waals surface area contributed by atoms with Crippen molar-refractivity contribution in [1.82, 2.24) is 5.32 Å². The topological polar surface area (TPSA) is 35.8 Å². The van der Waals surface area contributed by atoms with Gasteiger partial charge in [-0.3, -0.25) is 0 Å². The smallest absolute Gasteiger partial charge is 0.0991 e. The molecule has 1 N–H and O–H groups in total. The summed E-state index contributed by atoms with van der Waals surface area (Å²) in [5, 5.41) is 12.2. The highest BCUT2D eigenvalue weighted by Crippen LogP contribution is 2.46. The van der Waals surface area contributed by atoms with Crippen LogP contribution in [0.15, 0.2) is 24.3 Å². The fraction of sp³-hybridized carbons (Fsp3) is 0.500. The van der Waals surface area contributed by atoms with Crippen LogP contribution >= 0.6 is 0 Å². The molecule has 1 aromatic rings. The second-order valence-electron chi connectivity index (χ2n) is 4.54. The highest BCUT2D eigenvalue weighted by atomic mass is 14.9. The Bertz CT molecular complexity index is 375. The van der Waals surface area contributed by atoms with E-state index in [9.17, 15) is 0 Å². The third kappa shape index (κ3) is 2.62. The molecule has 0 radical (unpaired) electrons. The molecule has 2 nitrogen and oxygen atoms in total. The van der Waals surface area contributed by atoms with E-state index < -0.39 is 0 Å². The number of rotatable bonds is 5. The SMILES string of the molecule is CCCNCC1CC1c1ccc(C#N)cc1. The van der Waals surface area contributed by atoms with Crippen LogP contribution in [0.5, 0.6) is 0 Å². The van der Waals surface area contributed by atoms with E-state index in [0.29, 0.717) is 0 Å². The minimum absolute atomic E-state index is 0.720. The number of nitriles is 1. The quantitative estimate of drug-likeness (QED) is 0.765. The first-order valence-electron chi connectivity index (χ1n) is 6.06. The second kappa shape index (κ2) is 5.14. The summed E-state index contributed by atoms with van der Waals surface area (Å²) < 4.78 is 0. The summed E-state index contributed by atoms with van der Waals surface area (Å²) in [4.78, 5) is 0. The lowest BCUT2D eigenvalue weighted by Crippen LogP contribution is -2.17. The molecular formula is C14H18N2. The molecule has 2 heteroatoms. The number of nitrogens with zero attached hydrogens (tertiary/aromatic N) is 1. The van der Waals surface area contributed by atoms with Crippen LogP contribution in [0, 0.1) is 17.2 Å². The van der Waals surface area contributed by atoms with Crippen LogP contribution in [0.25, 0.3) is 0 Å². The van der Waals surface area contributed by atoms with Gasteiger partial charge in [-0.2, -0.15) is 5.26 Å². The van der Waals surface area contributed by atoms with E-state index in [-0.39, 0.29) is 0 Å². The molecule has 1 fully saturated rings. The van der Waals surface area contributed by atoms with E-state index in [1.54, 1.807) is 0 Å². The molecule has 2 atom stereocenters. The third-order valence-electron chi connectivity index (χ3n) is 3.22. The van der Waals surface area contributed by atoms with Crippen molar-refractivity contribution in [3.63, 3.8) is 0 Å². The van der Waals surface area contributed by atoms with Crippen LogP contribution < -0.4 is 5.32 Å². The maximum atomic E-state index is 8.72. The zero-order valence-corrected chi connectivity index (χ0v) is 9.74. The largest absolute Gasteiger partial charge is 0.316 e. The minimum Gasteiger partial charge on any atom is -0.316 e. The first-order chi connectivity index (χ1) is 7.85. The normalized spacial score (nSPS) is 22.8. The van der Waals surface area contributed by atoms with Gasteiger partial charge in [-0.25, -0.2) is 0 Å². The minimum atomic E-state index is 0.720. The van der Waals surface area contributed by atoms with Gasteiger partial charge in [0.15, 0.2) is 0 Å². The zero-order valence-electron chi connectivity index (χ0n) is 9.74. The first-order valence-corrected chi connectivity index (χ1v) is 6.06. The third-order valence-corrected chi connectivity index (χ3v) is 3.22. The summed E-state index contributed by atoms with van der Waals surface area (Å²) in [6.07, 6.45) is 2.50. The summed E-state index contributed by atoms with van der Waals surface area (Å²) in [5.74, 6) is 1.52. The lowest BCUT2D eigenvalue weighted by Gasteiger charge is -2.02. The van der Waals surface area contributed by atoms with Crippen LogP contribution in [0.1, 0.15) is 36.8 Å². The molecule has 1 saturated carbocycles. The van der Waals surface area contributed by atoms with Crippen LogP contribution in [0.3, 0.4) is 0 Å². The van der Waals surface area contributed by atoms with Crippen molar-refractivity contribution in [3.8, 4) is 6.07 Å². The van der Waals surface area contributed by atoms with Crippen molar-refractivity contribution < 1.29 is 0 Å². The van der Waals surface area contributed by atoms with Gasteiger partial charge in [0.1, 0.15) is 0 Å². The molecular weight excluding hydrogens is 196 g/mol. The molecule has 2 unspecified atom stereocenters. The standard InChI is InChI=1S/C14H18N2/c1-2-7-16-10-13-8-14(13)12-5-3-11(9-15)4-6-12/h3-6,13-14,16H,2,7-8,10H2,1H3. The molecule has 0 amide bonds. The fourth-order valence-corrected chi connectivity index (χ4v) is 2.15. The Labute approximate surface area is 97.3 Å². The van der Waals surface area contributed by atoms with E-state index in [2.05, 4.69) is 30.4 Å². The lowest BCUT2D eigenvalue weighted by molar-refractivity contribution is 0.620. The Kier molecular flexibility index (Phi) is 3.58. The Hall–Kier alpha value is -1.33. The van der Waals surface area contributed by atoms with E-state index in [0.717, 1.165) is 30.5 Å². The van der Waals surface area contributed by atoms with Gasteiger partial charge in [0, 0.05) is 0 Å². The maximum Gasteiger partial charge on any atom is 0.0991 e. The summed E-state index contributed by atoms with van der Waals surface area (Å²) in [5.41, 5.74) is 2.15. The summed E-state index contributed by atoms with van der Waals surface area (Å²) in [6.45, 7) is 4.45. The number of nitrogens with one attached hydrogen (secondary N) is 1. The van der Waals surface area contributed by atoms with E-state index >= 15 is 0 Å². The van der Waals surface area contributed by atoms with Crippen LogP contribution in [-0.2, 0) is 0 Å². The maximum absolute atomic E-state index is 8.72. The Balaban J connectivity index is 1.84.